The van der Waals surface area contributed by atoms with Gasteiger partial charge in [-0.2, -0.15) is 0 Å². The van der Waals surface area contributed by atoms with Gasteiger partial charge in [0.05, 0.1) is 0 Å². The van der Waals surface area contributed by atoms with Crippen LogP contribution in [0, 0.1) is 0 Å². The van der Waals surface area contributed by atoms with Crippen molar-refractivity contribution in [3.8, 4) is 44.5 Å². The summed E-state index contributed by atoms with van der Waals surface area (Å²) in [7, 11) is 0. The van der Waals surface area contributed by atoms with Crippen molar-refractivity contribution in [1.82, 2.24) is 0 Å². The highest BCUT2D eigenvalue weighted by Crippen LogP contribution is 2.54. The lowest BCUT2D eigenvalue weighted by Gasteiger charge is -2.23. The van der Waals surface area contributed by atoms with Crippen molar-refractivity contribution in [3.05, 3.63) is 193 Å². The van der Waals surface area contributed by atoms with Crippen LogP contribution < -0.4 is 0 Å². The molecule has 1 nitrogen and oxygen atoms in total. The predicted octanol–water partition coefficient (Wildman–Crippen LogP) is 15.5. The molecule has 1 heterocycles. The topological polar surface area (TPSA) is 13.1 Å². The zero-order chi connectivity index (χ0) is 37.1. The average Bonchev–Trinajstić information content (AvgIpc) is 3.74. The van der Waals surface area contributed by atoms with Crippen LogP contribution >= 0.6 is 0 Å². The summed E-state index contributed by atoms with van der Waals surface area (Å²) in [4.78, 5) is 0. The molecule has 262 valence electrons. The van der Waals surface area contributed by atoms with Gasteiger partial charge in [-0.3, -0.25) is 0 Å². The molecule has 0 aliphatic heterocycles. The second-order valence-corrected chi connectivity index (χ2v) is 16.0. The zero-order valence-electron chi connectivity index (χ0n) is 31.2. The average molecular weight is 713 g/mol. The minimum Gasteiger partial charge on any atom is -0.456 e. The molecule has 0 amide bonds. The first-order valence-corrected chi connectivity index (χ1v) is 19.6. The second kappa shape index (κ2) is 11.5. The molecule has 1 aliphatic rings. The Morgan fingerprint density at radius 3 is 1.59 bits per heavy atom. The van der Waals surface area contributed by atoms with Gasteiger partial charge in [-0.1, -0.05) is 178 Å². The van der Waals surface area contributed by atoms with Crippen molar-refractivity contribution in [2.45, 2.75) is 19.3 Å². The third-order valence-corrected chi connectivity index (χ3v) is 12.6. The number of hydrogen-bond donors (Lipinski definition) is 0. The number of rotatable bonds is 3. The maximum absolute atomic E-state index is 6.41. The molecule has 0 bridgehead atoms. The summed E-state index contributed by atoms with van der Waals surface area (Å²) in [6.45, 7) is 4.77. The van der Waals surface area contributed by atoms with Crippen LogP contribution in [-0.4, -0.2) is 0 Å². The highest BCUT2D eigenvalue weighted by molar-refractivity contribution is 6.24. The molecule has 0 N–H and O–H groups in total. The maximum Gasteiger partial charge on any atom is 0.136 e. The van der Waals surface area contributed by atoms with E-state index >= 15 is 0 Å². The van der Waals surface area contributed by atoms with Gasteiger partial charge in [0.25, 0.3) is 0 Å². The Hall–Kier alpha value is -6.96. The molecule has 0 saturated carbocycles. The van der Waals surface area contributed by atoms with Crippen molar-refractivity contribution in [2.24, 2.45) is 0 Å². The first kappa shape index (κ1) is 31.4. The Morgan fingerprint density at radius 1 is 0.357 bits per heavy atom. The molecule has 1 aliphatic carbocycles. The molecule has 0 radical (unpaired) electrons. The largest absolute Gasteiger partial charge is 0.456 e. The fourth-order valence-corrected chi connectivity index (χ4v) is 10.2. The lowest BCUT2D eigenvalue weighted by molar-refractivity contribution is 0.666. The summed E-state index contributed by atoms with van der Waals surface area (Å²) in [5.74, 6) is 0. The van der Waals surface area contributed by atoms with Crippen molar-refractivity contribution < 1.29 is 4.42 Å². The van der Waals surface area contributed by atoms with Crippen molar-refractivity contribution >= 4 is 65.0 Å². The molecule has 12 rings (SSSR count). The van der Waals surface area contributed by atoms with E-state index in [4.69, 9.17) is 4.42 Å². The number of fused-ring (bicyclic) bond motifs is 12. The van der Waals surface area contributed by atoms with Crippen LogP contribution in [0.5, 0.6) is 0 Å². The van der Waals surface area contributed by atoms with E-state index < -0.39 is 0 Å². The van der Waals surface area contributed by atoms with E-state index in [1.54, 1.807) is 0 Å². The van der Waals surface area contributed by atoms with Gasteiger partial charge in [-0.05, 0) is 117 Å². The summed E-state index contributed by atoms with van der Waals surface area (Å²) in [6, 6.07) is 67.1. The van der Waals surface area contributed by atoms with Crippen LogP contribution in [0.25, 0.3) is 110 Å². The Bertz CT molecular complexity index is 3370. The van der Waals surface area contributed by atoms with Crippen LogP contribution in [0.15, 0.2) is 186 Å². The minimum atomic E-state index is -0.0932. The van der Waals surface area contributed by atoms with Gasteiger partial charge >= 0.3 is 0 Å². The molecule has 1 aromatic heterocycles. The maximum atomic E-state index is 6.41. The molecular weight excluding hydrogens is 677 g/mol. The molecule has 0 spiro atoms. The van der Waals surface area contributed by atoms with E-state index in [-0.39, 0.29) is 5.41 Å². The van der Waals surface area contributed by atoms with E-state index in [1.165, 1.54) is 104 Å². The van der Waals surface area contributed by atoms with E-state index in [9.17, 15) is 0 Å². The highest BCUT2D eigenvalue weighted by Gasteiger charge is 2.38. The molecular formula is C55H36O. The molecule has 0 unspecified atom stereocenters. The second-order valence-electron chi connectivity index (χ2n) is 16.0. The molecule has 0 fully saturated rings. The van der Waals surface area contributed by atoms with Gasteiger partial charge < -0.3 is 4.42 Å². The summed E-state index contributed by atoms with van der Waals surface area (Å²) in [5, 5.41) is 12.4. The Labute approximate surface area is 325 Å². The molecule has 10 aromatic carbocycles. The smallest absolute Gasteiger partial charge is 0.136 e. The predicted molar refractivity (Wildman–Crippen MR) is 238 cm³/mol. The first-order valence-electron chi connectivity index (χ1n) is 19.6. The number of furan rings is 1. The zero-order valence-corrected chi connectivity index (χ0v) is 31.2. The fourth-order valence-electron chi connectivity index (χ4n) is 10.2. The summed E-state index contributed by atoms with van der Waals surface area (Å²) in [6.07, 6.45) is 0. The SMILES string of the molecule is CC1(C)c2cccc(-c3ccc(-c4c5ccccc5c(-c5ccc6oc7ccc8ccccc8c7c6c5)c5ccccc45)cc3)c2-c2ccc3ccccc3c21. The quantitative estimate of drug-likeness (QED) is 0.166. The minimum absolute atomic E-state index is 0.0932. The van der Waals surface area contributed by atoms with Gasteiger partial charge in [-0.15, -0.1) is 0 Å². The first-order chi connectivity index (χ1) is 27.5. The lowest BCUT2D eigenvalue weighted by atomic mass is 9.80. The van der Waals surface area contributed by atoms with Gasteiger partial charge in [0.1, 0.15) is 11.2 Å². The van der Waals surface area contributed by atoms with Gasteiger partial charge in [0.2, 0.25) is 0 Å². The monoisotopic (exact) mass is 712 g/mol. The van der Waals surface area contributed by atoms with Crippen LogP contribution in [0.2, 0.25) is 0 Å². The lowest BCUT2D eigenvalue weighted by Crippen LogP contribution is -2.15. The summed E-state index contributed by atoms with van der Waals surface area (Å²) >= 11 is 0. The molecule has 1 heteroatoms. The van der Waals surface area contributed by atoms with Gasteiger partial charge in [-0.25, -0.2) is 0 Å². The number of hydrogen-bond acceptors (Lipinski definition) is 1. The van der Waals surface area contributed by atoms with E-state index in [0.717, 1.165) is 16.6 Å². The molecule has 56 heavy (non-hydrogen) atoms. The van der Waals surface area contributed by atoms with Crippen LogP contribution in [0.1, 0.15) is 25.0 Å². The van der Waals surface area contributed by atoms with E-state index in [2.05, 4.69) is 196 Å². The Kier molecular flexibility index (Phi) is 6.46. The summed E-state index contributed by atoms with van der Waals surface area (Å²) in [5.41, 5.74) is 14.7. The highest BCUT2D eigenvalue weighted by atomic mass is 16.3. The molecule has 0 atom stereocenters. The number of benzene rings is 10. The van der Waals surface area contributed by atoms with Crippen LogP contribution in [0.3, 0.4) is 0 Å². The standard InChI is InChI=1S/C55H36O/c1-55(2)47-21-11-20-38(52(47)45-29-26-34-13-4-6-15-40(34)54(45)55)35-22-24-36(25-23-35)50-41-16-7-9-18-43(41)51(44-19-10-8-17-42(44)50)37-28-30-48-46(32-37)53-39-14-5-3-12-33(39)27-31-49(53)56-48/h3-32H,1-2H3. The van der Waals surface area contributed by atoms with Crippen LogP contribution in [0.4, 0.5) is 0 Å². The normalized spacial score (nSPS) is 13.3. The third-order valence-electron chi connectivity index (χ3n) is 12.6. The van der Waals surface area contributed by atoms with Gasteiger partial charge in [0, 0.05) is 16.2 Å². The summed E-state index contributed by atoms with van der Waals surface area (Å²) < 4.78 is 6.41. The van der Waals surface area contributed by atoms with Crippen molar-refractivity contribution in [3.63, 3.8) is 0 Å². The van der Waals surface area contributed by atoms with Crippen molar-refractivity contribution in [1.29, 1.82) is 0 Å². The molecule has 0 saturated heterocycles. The van der Waals surface area contributed by atoms with Crippen molar-refractivity contribution in [2.75, 3.05) is 0 Å². The van der Waals surface area contributed by atoms with E-state index in [1.807, 2.05) is 0 Å². The Balaban J connectivity index is 1.04. The van der Waals surface area contributed by atoms with Gasteiger partial charge in [0.15, 0.2) is 0 Å². The van der Waals surface area contributed by atoms with Crippen LogP contribution in [-0.2, 0) is 5.41 Å². The molecule has 11 aromatic rings. The third kappa shape index (κ3) is 4.31. The Morgan fingerprint density at radius 2 is 0.893 bits per heavy atom. The fraction of sp³-hybridized carbons (Fsp3) is 0.0545. The van der Waals surface area contributed by atoms with E-state index in [0.29, 0.717) is 0 Å².